The van der Waals surface area contributed by atoms with Gasteiger partial charge in [-0.3, -0.25) is 4.79 Å². The van der Waals surface area contributed by atoms with E-state index in [2.05, 4.69) is 17.2 Å². The zero-order chi connectivity index (χ0) is 22.4. The smallest absolute Gasteiger partial charge is 0.329 e. The monoisotopic (exact) mass is 446 g/mol. The van der Waals surface area contributed by atoms with Gasteiger partial charge >= 0.3 is 5.97 Å². The van der Waals surface area contributed by atoms with Gasteiger partial charge < -0.3 is 19.9 Å². The molecule has 1 aromatic carbocycles. The Morgan fingerprint density at radius 3 is 2.68 bits per heavy atom. The van der Waals surface area contributed by atoms with Crippen LogP contribution >= 0.6 is 11.6 Å². The molecule has 7 nitrogen and oxygen atoms in total. The summed E-state index contributed by atoms with van der Waals surface area (Å²) in [5.41, 5.74) is -0.0158. The highest BCUT2D eigenvalue weighted by Crippen LogP contribution is 2.33. The first-order valence-electron chi connectivity index (χ1n) is 10.3. The highest BCUT2D eigenvalue weighted by molar-refractivity contribution is 6.30. The van der Waals surface area contributed by atoms with Gasteiger partial charge in [-0.15, -0.1) is 0 Å². The first-order valence-corrected chi connectivity index (χ1v) is 10.7. The van der Waals surface area contributed by atoms with Gasteiger partial charge in [-0.05, 0) is 49.3 Å². The number of nitrogens with one attached hydrogen (secondary N) is 1. The van der Waals surface area contributed by atoms with Gasteiger partial charge in [0.05, 0.1) is 19.3 Å². The normalized spacial score (nSPS) is 20.7. The average Bonchev–Trinajstić information content (AvgIpc) is 2.75. The molecule has 1 aliphatic rings. The van der Waals surface area contributed by atoms with Gasteiger partial charge in [0.2, 0.25) is 0 Å². The van der Waals surface area contributed by atoms with Crippen molar-refractivity contribution in [3.05, 3.63) is 52.7 Å². The van der Waals surface area contributed by atoms with Crippen LogP contribution in [-0.2, 0) is 11.2 Å². The molecule has 0 saturated heterocycles. The molecule has 2 N–H and O–H groups in total. The molecular weight excluding hydrogens is 420 g/mol. The summed E-state index contributed by atoms with van der Waals surface area (Å²) in [6.45, 7) is 2.43. The lowest BCUT2D eigenvalue weighted by Crippen LogP contribution is -2.56. The maximum atomic E-state index is 12.9. The maximum Gasteiger partial charge on any atom is 0.329 e. The van der Waals surface area contributed by atoms with E-state index in [1.54, 1.807) is 6.07 Å². The standard InChI is InChI=1S/C23H27ClN2O5/c1-15-6-9-23(10-7-15,22(28)29)26-20(27)17-13-19(21(30-2)25-14-17)31-11-8-16-4-3-5-18(24)12-16/h3-5,12-15H,6-11H2,1-2H3,(H,26,27)(H,28,29)/t15-,23-. The molecule has 0 bridgehead atoms. The van der Waals surface area contributed by atoms with Gasteiger partial charge in [0.15, 0.2) is 5.75 Å². The number of aromatic nitrogens is 1. The molecule has 1 saturated carbocycles. The quantitative estimate of drug-likeness (QED) is 0.632. The number of carbonyl (C=O) groups excluding carboxylic acids is 1. The Morgan fingerprint density at radius 1 is 1.29 bits per heavy atom. The molecule has 0 spiro atoms. The van der Waals surface area contributed by atoms with Crippen molar-refractivity contribution in [1.82, 2.24) is 10.3 Å². The Bertz CT molecular complexity index is 941. The second kappa shape index (κ2) is 10.0. The SMILES string of the molecule is COc1ncc(C(=O)N[C@]2(C(=O)O)CC[C@@H](C)CC2)cc1OCCc1cccc(Cl)c1. The first-order chi connectivity index (χ1) is 14.8. The second-order valence-corrected chi connectivity index (χ2v) is 8.42. The lowest BCUT2D eigenvalue weighted by molar-refractivity contribution is -0.146. The molecule has 166 valence electrons. The van der Waals surface area contributed by atoms with Crippen LogP contribution in [0.15, 0.2) is 36.5 Å². The second-order valence-electron chi connectivity index (χ2n) is 7.98. The number of benzene rings is 1. The predicted octanol–water partition coefficient (Wildman–Crippen LogP) is 4.13. The summed E-state index contributed by atoms with van der Waals surface area (Å²) in [6, 6.07) is 9.01. The van der Waals surface area contributed by atoms with Gasteiger partial charge in [0.1, 0.15) is 5.54 Å². The third-order valence-corrected chi connectivity index (χ3v) is 5.94. The number of amides is 1. The third kappa shape index (κ3) is 5.67. The molecular formula is C23H27ClN2O5. The number of pyridine rings is 1. The molecule has 1 aliphatic carbocycles. The topological polar surface area (TPSA) is 97.8 Å². The Labute approximate surface area is 186 Å². The molecule has 2 aromatic rings. The van der Waals surface area contributed by atoms with Crippen LogP contribution in [0.2, 0.25) is 5.02 Å². The van der Waals surface area contributed by atoms with Crippen LogP contribution in [-0.4, -0.2) is 41.2 Å². The van der Waals surface area contributed by atoms with Crippen molar-refractivity contribution >= 4 is 23.5 Å². The number of halogens is 1. The number of nitrogens with zero attached hydrogens (tertiary/aromatic N) is 1. The zero-order valence-electron chi connectivity index (χ0n) is 17.7. The largest absolute Gasteiger partial charge is 0.488 e. The number of hydrogen-bond acceptors (Lipinski definition) is 5. The lowest BCUT2D eigenvalue weighted by atomic mass is 9.77. The first kappa shape index (κ1) is 22.9. The molecule has 0 radical (unpaired) electrons. The van der Waals surface area contributed by atoms with E-state index in [0.29, 0.717) is 42.6 Å². The minimum Gasteiger partial charge on any atom is -0.488 e. The molecule has 0 atom stereocenters. The van der Waals surface area contributed by atoms with E-state index < -0.39 is 17.4 Å². The fourth-order valence-corrected chi connectivity index (χ4v) is 3.93. The summed E-state index contributed by atoms with van der Waals surface area (Å²) in [4.78, 5) is 29.0. The third-order valence-electron chi connectivity index (χ3n) is 5.70. The summed E-state index contributed by atoms with van der Waals surface area (Å²) in [6.07, 6.45) is 4.29. The number of carbonyl (C=O) groups is 2. The molecule has 1 aromatic heterocycles. The van der Waals surface area contributed by atoms with Gasteiger partial charge in [0.25, 0.3) is 11.8 Å². The minimum atomic E-state index is -1.25. The van der Waals surface area contributed by atoms with Crippen molar-refractivity contribution in [2.24, 2.45) is 5.92 Å². The Kier molecular flexibility index (Phi) is 7.38. The molecule has 1 amide bonds. The molecule has 8 heteroatoms. The van der Waals surface area contributed by atoms with Crippen LogP contribution in [0.3, 0.4) is 0 Å². The van der Waals surface area contributed by atoms with Gasteiger partial charge in [-0.25, -0.2) is 9.78 Å². The average molecular weight is 447 g/mol. The molecule has 0 aliphatic heterocycles. The van der Waals surface area contributed by atoms with E-state index in [4.69, 9.17) is 21.1 Å². The summed E-state index contributed by atoms with van der Waals surface area (Å²) < 4.78 is 11.1. The van der Waals surface area contributed by atoms with E-state index in [9.17, 15) is 14.7 Å². The molecule has 1 fully saturated rings. The maximum absolute atomic E-state index is 12.9. The van der Waals surface area contributed by atoms with E-state index in [0.717, 1.165) is 18.4 Å². The Morgan fingerprint density at radius 2 is 2.03 bits per heavy atom. The number of ether oxygens (including phenoxy) is 2. The Balaban J connectivity index is 1.71. The number of methoxy groups -OCH3 is 1. The van der Waals surface area contributed by atoms with Crippen LogP contribution in [0.1, 0.15) is 48.5 Å². The fourth-order valence-electron chi connectivity index (χ4n) is 3.72. The van der Waals surface area contributed by atoms with Crippen molar-refractivity contribution in [3.63, 3.8) is 0 Å². The molecule has 1 heterocycles. The van der Waals surface area contributed by atoms with Crippen molar-refractivity contribution in [1.29, 1.82) is 0 Å². The lowest BCUT2D eigenvalue weighted by Gasteiger charge is -2.36. The Hall–Kier alpha value is -2.80. The van der Waals surface area contributed by atoms with Gasteiger partial charge in [-0.1, -0.05) is 30.7 Å². The molecule has 3 rings (SSSR count). The van der Waals surface area contributed by atoms with E-state index in [1.165, 1.54) is 19.4 Å². The number of rotatable bonds is 8. The van der Waals surface area contributed by atoms with Crippen molar-refractivity contribution < 1.29 is 24.2 Å². The summed E-state index contributed by atoms with van der Waals surface area (Å²) in [7, 11) is 1.47. The molecule has 31 heavy (non-hydrogen) atoms. The van der Waals surface area contributed by atoms with Gasteiger partial charge in [0, 0.05) is 23.7 Å². The van der Waals surface area contributed by atoms with E-state index in [-0.39, 0.29) is 11.4 Å². The highest BCUT2D eigenvalue weighted by atomic mass is 35.5. The van der Waals surface area contributed by atoms with Crippen LogP contribution < -0.4 is 14.8 Å². The van der Waals surface area contributed by atoms with Crippen LogP contribution in [0.4, 0.5) is 0 Å². The van der Waals surface area contributed by atoms with Crippen LogP contribution in [0.5, 0.6) is 11.6 Å². The number of carboxylic acid groups (broad SMARTS) is 1. The summed E-state index contributed by atoms with van der Waals surface area (Å²) in [5, 5.41) is 13.2. The van der Waals surface area contributed by atoms with E-state index >= 15 is 0 Å². The van der Waals surface area contributed by atoms with Gasteiger partial charge in [-0.2, -0.15) is 0 Å². The summed E-state index contributed by atoms with van der Waals surface area (Å²) >= 11 is 6.01. The van der Waals surface area contributed by atoms with Crippen LogP contribution in [0, 0.1) is 5.92 Å². The van der Waals surface area contributed by atoms with Crippen molar-refractivity contribution in [2.75, 3.05) is 13.7 Å². The zero-order valence-corrected chi connectivity index (χ0v) is 18.4. The van der Waals surface area contributed by atoms with E-state index in [1.807, 2.05) is 18.2 Å². The van der Waals surface area contributed by atoms with Crippen molar-refractivity contribution in [3.8, 4) is 11.6 Å². The number of hydrogen-bond donors (Lipinski definition) is 2. The minimum absolute atomic E-state index is 0.220. The number of carboxylic acids is 1. The highest BCUT2D eigenvalue weighted by Gasteiger charge is 2.42. The van der Waals surface area contributed by atoms with Crippen molar-refractivity contribution in [2.45, 2.75) is 44.6 Å². The summed E-state index contributed by atoms with van der Waals surface area (Å²) in [5.74, 6) is -0.480. The van der Waals surface area contributed by atoms with Crippen LogP contribution in [0.25, 0.3) is 0 Å². The molecule has 0 unspecified atom stereocenters. The fraction of sp³-hybridized carbons (Fsp3) is 0.435. The predicted molar refractivity (Wildman–Crippen MR) is 117 cm³/mol. The number of aliphatic carboxylic acids is 1.